The van der Waals surface area contributed by atoms with Crippen molar-refractivity contribution in [1.29, 1.82) is 0 Å². The van der Waals surface area contributed by atoms with Gasteiger partial charge in [0.15, 0.2) is 11.6 Å². The quantitative estimate of drug-likeness (QED) is 0.594. The number of aliphatic hydroxyl groups is 2. The Morgan fingerprint density at radius 1 is 0.667 bits per heavy atom. The van der Waals surface area contributed by atoms with E-state index >= 15 is 0 Å². The first-order chi connectivity index (χ1) is 14.2. The molecule has 0 heterocycles. The fraction of sp³-hybridized carbons (Fsp3) is 0.0833. The van der Waals surface area contributed by atoms with Gasteiger partial charge in [-0.15, -0.1) is 0 Å². The molecule has 2 aliphatic carbocycles. The van der Waals surface area contributed by atoms with E-state index in [4.69, 9.17) is 0 Å². The van der Waals surface area contributed by atoms with Crippen LogP contribution >= 0.6 is 0 Å². The normalized spacial score (nSPS) is 14.5. The van der Waals surface area contributed by atoms with Crippen molar-refractivity contribution in [3.63, 3.8) is 0 Å². The molecule has 0 amide bonds. The molecule has 30 heavy (non-hydrogen) atoms. The van der Waals surface area contributed by atoms with Crippen LogP contribution in [0.25, 0.3) is 11.5 Å². The van der Waals surface area contributed by atoms with Gasteiger partial charge in [-0.3, -0.25) is 19.2 Å². The second-order valence-electron chi connectivity index (χ2n) is 6.99. The molecule has 2 aromatic rings. The summed E-state index contributed by atoms with van der Waals surface area (Å²) in [6.45, 7) is 2.44. The molecule has 0 spiro atoms. The first-order valence-corrected chi connectivity index (χ1v) is 8.99. The van der Waals surface area contributed by atoms with Crippen LogP contribution in [0.3, 0.4) is 0 Å². The molecule has 0 unspecified atom stereocenters. The molecule has 6 heteroatoms. The van der Waals surface area contributed by atoms with Gasteiger partial charge in [0.1, 0.15) is 22.7 Å². The van der Waals surface area contributed by atoms with Gasteiger partial charge in [-0.1, -0.05) is 11.8 Å². The van der Waals surface area contributed by atoms with E-state index in [9.17, 15) is 29.4 Å². The number of hydrogen-bond acceptors (Lipinski definition) is 6. The third kappa shape index (κ3) is 2.76. The molecule has 0 atom stereocenters. The molecule has 0 radical (unpaired) electrons. The van der Waals surface area contributed by atoms with Crippen molar-refractivity contribution in [2.24, 2.45) is 0 Å². The number of fused-ring (bicyclic) bond motifs is 2. The van der Waals surface area contributed by atoms with Crippen LogP contribution in [0.15, 0.2) is 47.5 Å². The highest BCUT2D eigenvalue weighted by Gasteiger charge is 2.33. The number of rotatable bonds is 2. The van der Waals surface area contributed by atoms with E-state index in [1.165, 1.54) is 38.1 Å². The molecule has 0 bridgehead atoms. The summed E-state index contributed by atoms with van der Waals surface area (Å²) in [6.07, 6.45) is 0. The van der Waals surface area contributed by atoms with Crippen molar-refractivity contribution < 1.29 is 29.4 Å². The second-order valence-corrected chi connectivity index (χ2v) is 6.99. The molecule has 0 fully saturated rings. The van der Waals surface area contributed by atoms with Crippen LogP contribution < -0.4 is 0 Å². The number of carbonyl (C=O) groups excluding carboxylic acids is 4. The number of hydrogen-bond donors (Lipinski definition) is 2. The molecule has 6 nitrogen and oxygen atoms in total. The Morgan fingerprint density at radius 3 is 1.37 bits per heavy atom. The van der Waals surface area contributed by atoms with Crippen LogP contribution in [-0.4, -0.2) is 33.3 Å². The van der Waals surface area contributed by atoms with Gasteiger partial charge in [0, 0.05) is 33.4 Å². The van der Waals surface area contributed by atoms with Crippen molar-refractivity contribution in [2.75, 3.05) is 0 Å². The number of benzene rings is 2. The molecule has 0 saturated heterocycles. The monoisotopic (exact) mass is 398 g/mol. The third-order valence-corrected chi connectivity index (χ3v) is 5.02. The molecule has 0 saturated carbocycles. The first kappa shape index (κ1) is 19.1. The Morgan fingerprint density at radius 2 is 1.03 bits per heavy atom. The summed E-state index contributed by atoms with van der Waals surface area (Å²) in [4.78, 5) is 47.7. The van der Waals surface area contributed by atoms with Crippen molar-refractivity contribution in [3.8, 4) is 11.8 Å². The van der Waals surface area contributed by atoms with E-state index in [-0.39, 0.29) is 44.9 Å². The number of allylic oxidation sites excluding steroid dienone is 2. The number of Topliss-reactive ketones (excluding diaryl/α,β-unsaturated/α-hetero) is 4. The molecule has 0 aromatic heterocycles. The number of aliphatic hydroxyl groups excluding tert-OH is 2. The Kier molecular flexibility index (Phi) is 4.25. The maximum absolute atomic E-state index is 12.2. The van der Waals surface area contributed by atoms with E-state index in [2.05, 4.69) is 11.8 Å². The highest BCUT2D eigenvalue weighted by molar-refractivity contribution is 6.34. The summed E-state index contributed by atoms with van der Waals surface area (Å²) < 4.78 is 0. The summed E-state index contributed by atoms with van der Waals surface area (Å²) in [7, 11) is 0. The zero-order valence-corrected chi connectivity index (χ0v) is 16.0. The Labute approximate surface area is 171 Å². The molecule has 2 aliphatic rings. The molecular formula is C24H14O6. The highest BCUT2D eigenvalue weighted by Crippen LogP contribution is 2.33. The molecule has 146 valence electrons. The Bertz CT molecular complexity index is 1240. The number of carbonyl (C=O) groups is 4. The van der Waals surface area contributed by atoms with Gasteiger partial charge < -0.3 is 10.2 Å². The van der Waals surface area contributed by atoms with Gasteiger partial charge >= 0.3 is 0 Å². The minimum absolute atomic E-state index is 0.234. The average molecular weight is 398 g/mol. The SMILES string of the molecule is CC(=O)C1=C(O)c2cc(C#Cc3ccc4c(c3)C(O)=C(C(C)=O)C4=O)ccc2C1=O. The maximum Gasteiger partial charge on any atom is 0.201 e. The van der Waals surface area contributed by atoms with Gasteiger partial charge in [-0.25, -0.2) is 0 Å². The minimum atomic E-state index is -0.513. The Balaban J connectivity index is 1.71. The molecule has 2 N–H and O–H groups in total. The lowest BCUT2D eigenvalue weighted by atomic mass is 10.0. The summed E-state index contributed by atoms with van der Waals surface area (Å²) in [5.74, 6) is 3.04. The van der Waals surface area contributed by atoms with Gasteiger partial charge in [0.2, 0.25) is 11.6 Å². The van der Waals surface area contributed by atoms with Crippen LogP contribution in [-0.2, 0) is 9.59 Å². The minimum Gasteiger partial charge on any atom is -0.506 e. The second kappa shape index (κ2) is 6.68. The van der Waals surface area contributed by atoms with Crippen LogP contribution in [0.5, 0.6) is 0 Å². The van der Waals surface area contributed by atoms with E-state index in [0.29, 0.717) is 11.1 Å². The molecule has 0 aliphatic heterocycles. The van der Waals surface area contributed by atoms with Crippen LogP contribution in [0.4, 0.5) is 0 Å². The molecular weight excluding hydrogens is 384 g/mol. The summed E-state index contributed by atoms with van der Waals surface area (Å²) in [6, 6.07) is 9.25. The van der Waals surface area contributed by atoms with Gasteiger partial charge in [-0.2, -0.15) is 0 Å². The highest BCUT2D eigenvalue weighted by atomic mass is 16.3. The summed E-state index contributed by atoms with van der Waals surface area (Å²) >= 11 is 0. The fourth-order valence-electron chi connectivity index (χ4n) is 3.58. The zero-order chi connectivity index (χ0) is 21.7. The zero-order valence-electron chi connectivity index (χ0n) is 16.0. The van der Waals surface area contributed by atoms with E-state index in [0.717, 1.165) is 0 Å². The van der Waals surface area contributed by atoms with Crippen LogP contribution in [0.1, 0.15) is 56.8 Å². The third-order valence-electron chi connectivity index (χ3n) is 5.02. The number of ketones is 4. The predicted octanol–water partition coefficient (Wildman–Crippen LogP) is 3.20. The fourth-order valence-corrected chi connectivity index (χ4v) is 3.58. The van der Waals surface area contributed by atoms with Crippen molar-refractivity contribution in [3.05, 3.63) is 80.9 Å². The van der Waals surface area contributed by atoms with E-state index < -0.39 is 23.1 Å². The van der Waals surface area contributed by atoms with Crippen LogP contribution in [0.2, 0.25) is 0 Å². The van der Waals surface area contributed by atoms with E-state index in [1.54, 1.807) is 12.1 Å². The predicted molar refractivity (Wildman–Crippen MR) is 108 cm³/mol. The lowest BCUT2D eigenvalue weighted by Crippen LogP contribution is -2.06. The topological polar surface area (TPSA) is 109 Å². The van der Waals surface area contributed by atoms with Gasteiger partial charge in [0.05, 0.1) is 0 Å². The lowest BCUT2D eigenvalue weighted by Gasteiger charge is -2.00. The Hall–Kier alpha value is -4.24. The van der Waals surface area contributed by atoms with Crippen molar-refractivity contribution in [1.82, 2.24) is 0 Å². The van der Waals surface area contributed by atoms with Crippen molar-refractivity contribution in [2.45, 2.75) is 13.8 Å². The van der Waals surface area contributed by atoms with E-state index in [1.807, 2.05) is 0 Å². The summed E-state index contributed by atoms with van der Waals surface area (Å²) in [5.41, 5.74) is 1.52. The standard InChI is InChI=1S/C24H14O6/c1-11(25)19-21(27)15-7-5-13(9-17(15)23(19)29)3-4-14-6-8-16-18(10-14)24(30)20(12(2)26)22(16)28/h5-10,29-30H,1-2H3. The lowest BCUT2D eigenvalue weighted by molar-refractivity contribution is -0.114. The smallest absolute Gasteiger partial charge is 0.201 e. The molecule has 2 aromatic carbocycles. The van der Waals surface area contributed by atoms with Crippen LogP contribution in [0, 0.1) is 11.8 Å². The van der Waals surface area contributed by atoms with Gasteiger partial charge in [-0.05, 0) is 50.2 Å². The average Bonchev–Trinajstić information content (AvgIpc) is 3.10. The largest absolute Gasteiger partial charge is 0.506 e. The maximum atomic E-state index is 12.2. The summed E-state index contributed by atoms with van der Waals surface area (Å²) in [5, 5.41) is 20.4. The van der Waals surface area contributed by atoms with Crippen molar-refractivity contribution >= 4 is 34.7 Å². The van der Waals surface area contributed by atoms with Gasteiger partial charge in [0.25, 0.3) is 0 Å². The first-order valence-electron chi connectivity index (χ1n) is 8.99. The molecule has 4 rings (SSSR count).